The van der Waals surface area contributed by atoms with Crippen LogP contribution >= 0.6 is 34.8 Å². The number of halogens is 3. The summed E-state index contributed by atoms with van der Waals surface area (Å²) in [6, 6.07) is 13.3. The highest BCUT2D eigenvalue weighted by molar-refractivity contribution is 6.35. The summed E-state index contributed by atoms with van der Waals surface area (Å²) in [7, 11) is 0. The summed E-state index contributed by atoms with van der Waals surface area (Å²) in [5.74, 6) is 0. The lowest BCUT2D eigenvalue weighted by Crippen LogP contribution is -2.37. The molecule has 0 bridgehead atoms. The van der Waals surface area contributed by atoms with Crippen LogP contribution in [0, 0.1) is 0 Å². The molecule has 1 unspecified atom stereocenters. The van der Waals surface area contributed by atoms with Crippen LogP contribution in [0.2, 0.25) is 15.1 Å². The van der Waals surface area contributed by atoms with Crippen molar-refractivity contribution in [1.29, 1.82) is 0 Å². The van der Waals surface area contributed by atoms with Gasteiger partial charge in [-0.3, -0.25) is 4.90 Å². The molecule has 158 valence electrons. The van der Waals surface area contributed by atoms with Gasteiger partial charge < -0.3 is 10.6 Å². The third-order valence-electron chi connectivity index (χ3n) is 4.77. The van der Waals surface area contributed by atoms with Gasteiger partial charge >= 0.3 is 6.03 Å². The van der Waals surface area contributed by atoms with Crippen molar-refractivity contribution in [3.05, 3.63) is 68.7 Å². The molecule has 1 atom stereocenters. The maximum atomic E-state index is 12.0. The molecule has 2 aromatic rings. The first kappa shape index (κ1) is 23.8. The Hall–Kier alpha value is -1.46. The zero-order valence-corrected chi connectivity index (χ0v) is 19.1. The number of amides is 2. The number of benzene rings is 2. The fourth-order valence-corrected chi connectivity index (χ4v) is 3.73. The number of carbonyl (C=O) groups excluding carboxylic acids is 1. The van der Waals surface area contributed by atoms with Crippen LogP contribution in [0.4, 0.5) is 4.79 Å². The van der Waals surface area contributed by atoms with Gasteiger partial charge in [0.15, 0.2) is 0 Å². The molecule has 0 aromatic heterocycles. The molecular weight excluding hydrogens is 429 g/mol. The Kier molecular flexibility index (Phi) is 10.1. The Balaban J connectivity index is 1.74. The largest absolute Gasteiger partial charge is 0.338 e. The Bertz CT molecular complexity index is 783. The predicted octanol–water partition coefficient (Wildman–Crippen LogP) is 6.31. The molecule has 0 saturated heterocycles. The topological polar surface area (TPSA) is 44.4 Å². The maximum Gasteiger partial charge on any atom is 0.315 e. The summed E-state index contributed by atoms with van der Waals surface area (Å²) in [5, 5.41) is 7.60. The second-order valence-corrected chi connectivity index (χ2v) is 8.24. The van der Waals surface area contributed by atoms with Gasteiger partial charge in [-0.2, -0.15) is 0 Å². The highest BCUT2D eigenvalue weighted by Crippen LogP contribution is 2.22. The third kappa shape index (κ3) is 8.06. The number of hydrogen-bond donors (Lipinski definition) is 2. The molecule has 4 nitrogen and oxygen atoms in total. The first-order chi connectivity index (χ1) is 13.9. The lowest BCUT2D eigenvalue weighted by Gasteiger charge is -2.29. The van der Waals surface area contributed by atoms with Gasteiger partial charge in [-0.15, -0.1) is 0 Å². The molecule has 0 saturated carbocycles. The first-order valence-corrected chi connectivity index (χ1v) is 11.0. The molecule has 2 rings (SSSR count). The summed E-state index contributed by atoms with van der Waals surface area (Å²) in [5.41, 5.74) is 2.07. The number of urea groups is 1. The summed E-state index contributed by atoms with van der Waals surface area (Å²) in [6.07, 6.45) is 1.95. The fraction of sp³-hybridized carbons (Fsp3) is 0.409. The Labute approximate surface area is 188 Å². The van der Waals surface area contributed by atoms with Crippen molar-refractivity contribution in [2.45, 2.75) is 39.3 Å². The highest BCUT2D eigenvalue weighted by Gasteiger charge is 2.14. The number of carbonyl (C=O) groups is 1. The average Bonchev–Trinajstić information content (AvgIpc) is 2.69. The van der Waals surface area contributed by atoms with Crippen molar-refractivity contribution < 1.29 is 4.79 Å². The minimum absolute atomic E-state index is 0.205. The van der Waals surface area contributed by atoms with Crippen LogP contribution in [0.15, 0.2) is 42.5 Å². The van der Waals surface area contributed by atoms with E-state index in [-0.39, 0.29) is 6.03 Å². The van der Waals surface area contributed by atoms with Crippen molar-refractivity contribution in [1.82, 2.24) is 15.5 Å². The zero-order valence-electron chi connectivity index (χ0n) is 16.9. The SMILES string of the molecule is CCCN(CCCNC(=O)NCc1ccc(Cl)cc1Cl)C(C)c1ccc(Cl)cc1. The third-order valence-corrected chi connectivity index (χ3v) is 5.61. The molecule has 7 heteroatoms. The summed E-state index contributed by atoms with van der Waals surface area (Å²) in [4.78, 5) is 14.5. The molecule has 0 spiro atoms. The van der Waals surface area contributed by atoms with Crippen molar-refractivity contribution in [3.63, 3.8) is 0 Å². The predicted molar refractivity (Wildman–Crippen MR) is 123 cm³/mol. The lowest BCUT2D eigenvalue weighted by atomic mass is 10.1. The van der Waals surface area contributed by atoms with E-state index < -0.39 is 0 Å². The van der Waals surface area contributed by atoms with E-state index in [1.54, 1.807) is 12.1 Å². The Morgan fingerprint density at radius 1 is 1.00 bits per heavy atom. The van der Waals surface area contributed by atoms with Gasteiger partial charge in [0, 0.05) is 40.7 Å². The molecule has 2 aromatic carbocycles. The minimum Gasteiger partial charge on any atom is -0.338 e. The van der Waals surface area contributed by atoms with Gasteiger partial charge in [-0.05, 0) is 61.7 Å². The molecule has 2 N–H and O–H groups in total. The molecule has 2 amide bonds. The fourth-order valence-electron chi connectivity index (χ4n) is 3.13. The lowest BCUT2D eigenvalue weighted by molar-refractivity contribution is 0.206. The van der Waals surface area contributed by atoms with Crippen molar-refractivity contribution in [2.24, 2.45) is 0 Å². The molecule has 0 heterocycles. The number of rotatable bonds is 10. The molecule has 0 aliphatic heterocycles. The second-order valence-electron chi connectivity index (χ2n) is 6.96. The molecule has 29 heavy (non-hydrogen) atoms. The van der Waals surface area contributed by atoms with E-state index in [2.05, 4.69) is 41.5 Å². The van der Waals surface area contributed by atoms with E-state index in [1.807, 2.05) is 18.2 Å². The second kappa shape index (κ2) is 12.3. The van der Waals surface area contributed by atoms with E-state index >= 15 is 0 Å². The van der Waals surface area contributed by atoms with E-state index in [0.29, 0.717) is 29.2 Å². The van der Waals surface area contributed by atoms with Gasteiger partial charge in [0.2, 0.25) is 0 Å². The van der Waals surface area contributed by atoms with Crippen LogP contribution in [0.3, 0.4) is 0 Å². The van der Waals surface area contributed by atoms with Gasteiger partial charge in [0.25, 0.3) is 0 Å². The van der Waals surface area contributed by atoms with Crippen molar-refractivity contribution >= 4 is 40.8 Å². The highest BCUT2D eigenvalue weighted by atomic mass is 35.5. The molecule has 0 radical (unpaired) electrons. The zero-order chi connectivity index (χ0) is 21.2. The number of nitrogens with one attached hydrogen (secondary N) is 2. The van der Waals surface area contributed by atoms with Crippen molar-refractivity contribution in [2.75, 3.05) is 19.6 Å². The molecule has 0 aliphatic rings. The van der Waals surface area contributed by atoms with Crippen LogP contribution in [0.25, 0.3) is 0 Å². The van der Waals surface area contributed by atoms with Gasteiger partial charge in [0.1, 0.15) is 0 Å². The molecular formula is C22H28Cl3N3O. The minimum atomic E-state index is -0.205. The van der Waals surface area contributed by atoms with Gasteiger partial charge in [-0.25, -0.2) is 4.79 Å². The Morgan fingerprint density at radius 2 is 1.69 bits per heavy atom. The first-order valence-electron chi connectivity index (χ1n) is 9.85. The smallest absolute Gasteiger partial charge is 0.315 e. The molecule has 0 aliphatic carbocycles. The maximum absolute atomic E-state index is 12.0. The van der Waals surface area contributed by atoms with Crippen LogP contribution < -0.4 is 10.6 Å². The summed E-state index contributed by atoms with van der Waals surface area (Å²) in [6.45, 7) is 7.25. The van der Waals surface area contributed by atoms with E-state index in [9.17, 15) is 4.79 Å². The van der Waals surface area contributed by atoms with Crippen LogP contribution in [0.5, 0.6) is 0 Å². The summed E-state index contributed by atoms with van der Waals surface area (Å²) >= 11 is 18.0. The van der Waals surface area contributed by atoms with E-state index in [0.717, 1.165) is 36.5 Å². The quantitative estimate of drug-likeness (QED) is 0.411. The Morgan fingerprint density at radius 3 is 2.34 bits per heavy atom. The standard InChI is InChI=1S/C22H28Cl3N3O/c1-3-12-28(16(2)17-5-8-19(23)9-6-17)13-4-11-26-22(29)27-15-18-7-10-20(24)14-21(18)25/h5-10,14,16H,3-4,11-13,15H2,1-2H3,(H2,26,27,29). The van der Waals surface area contributed by atoms with Crippen molar-refractivity contribution in [3.8, 4) is 0 Å². The van der Waals surface area contributed by atoms with Crippen LogP contribution in [-0.4, -0.2) is 30.6 Å². The van der Waals surface area contributed by atoms with Gasteiger partial charge in [0.05, 0.1) is 0 Å². The number of hydrogen-bond acceptors (Lipinski definition) is 2. The van der Waals surface area contributed by atoms with Gasteiger partial charge in [-0.1, -0.05) is 59.9 Å². The van der Waals surface area contributed by atoms with Crippen LogP contribution in [-0.2, 0) is 6.54 Å². The normalized spacial score (nSPS) is 12.1. The van der Waals surface area contributed by atoms with E-state index in [4.69, 9.17) is 34.8 Å². The van der Waals surface area contributed by atoms with E-state index in [1.165, 1.54) is 5.56 Å². The summed E-state index contributed by atoms with van der Waals surface area (Å²) < 4.78 is 0. The monoisotopic (exact) mass is 455 g/mol. The molecule has 0 fully saturated rings. The number of nitrogens with zero attached hydrogens (tertiary/aromatic N) is 1. The van der Waals surface area contributed by atoms with Crippen LogP contribution in [0.1, 0.15) is 43.9 Å². The average molecular weight is 457 g/mol.